The number of hydrogen-bond acceptors (Lipinski definition) is 5. The molecule has 7 heteroatoms. The van der Waals surface area contributed by atoms with Crippen LogP contribution in [-0.2, 0) is 16.6 Å². The number of hydrogen-bond donors (Lipinski definition) is 2. The molecule has 1 rings (SSSR count). The molecular formula is C9H13N3O4. The molecule has 0 spiro atoms. The van der Waals surface area contributed by atoms with E-state index in [4.69, 9.17) is 5.11 Å². The summed E-state index contributed by atoms with van der Waals surface area (Å²) in [5.74, 6) is -1.24. The van der Waals surface area contributed by atoms with Crippen LogP contribution in [0, 0.1) is 0 Å². The van der Waals surface area contributed by atoms with E-state index >= 15 is 0 Å². The number of rotatable bonds is 4. The van der Waals surface area contributed by atoms with Crippen molar-refractivity contribution >= 4 is 11.9 Å². The number of esters is 1. The van der Waals surface area contributed by atoms with Crippen molar-refractivity contribution in [1.29, 1.82) is 0 Å². The predicted octanol–water partition coefficient (Wildman–Crippen LogP) is -1.32. The number of nitrogens with one attached hydrogen (secondary N) is 1. The maximum atomic E-state index is 11.5. The lowest BCUT2D eigenvalue weighted by Gasteiger charge is -2.12. The Hall–Kier alpha value is -1.89. The standard InChI is InChI=1S/C9H13N3O4/c1-12-4-3-6(11-12)8(14)10-7(5-13)9(15)16-2/h3-4,7,13H,5H2,1-2H3,(H,10,14). The molecule has 0 aliphatic rings. The molecule has 2 N–H and O–H groups in total. The third-order valence-corrected chi connectivity index (χ3v) is 1.92. The second-order valence-electron chi connectivity index (χ2n) is 3.11. The van der Waals surface area contributed by atoms with Gasteiger partial charge in [-0.25, -0.2) is 4.79 Å². The number of aryl methyl sites for hydroxylation is 1. The van der Waals surface area contributed by atoms with Crippen LogP contribution < -0.4 is 5.32 Å². The van der Waals surface area contributed by atoms with Gasteiger partial charge in [0.25, 0.3) is 5.91 Å². The molecule has 0 aromatic carbocycles. The van der Waals surface area contributed by atoms with Crippen molar-refractivity contribution in [2.45, 2.75) is 6.04 Å². The van der Waals surface area contributed by atoms with E-state index < -0.39 is 24.5 Å². The van der Waals surface area contributed by atoms with Gasteiger partial charge in [0.1, 0.15) is 5.69 Å². The average Bonchev–Trinajstić information content (AvgIpc) is 2.71. The first-order chi connectivity index (χ1) is 7.58. The fourth-order valence-corrected chi connectivity index (χ4v) is 1.09. The normalized spacial score (nSPS) is 11.9. The van der Waals surface area contributed by atoms with Gasteiger partial charge in [-0.3, -0.25) is 9.48 Å². The molecule has 0 bridgehead atoms. The molecule has 0 fully saturated rings. The van der Waals surface area contributed by atoms with E-state index in [9.17, 15) is 9.59 Å². The Labute approximate surface area is 92.0 Å². The number of nitrogens with zero attached hydrogens (tertiary/aromatic N) is 2. The maximum Gasteiger partial charge on any atom is 0.330 e. The van der Waals surface area contributed by atoms with Crippen molar-refractivity contribution in [2.24, 2.45) is 7.05 Å². The molecule has 1 unspecified atom stereocenters. The highest BCUT2D eigenvalue weighted by Gasteiger charge is 2.21. The highest BCUT2D eigenvalue weighted by Crippen LogP contribution is 1.96. The third-order valence-electron chi connectivity index (χ3n) is 1.92. The van der Waals surface area contributed by atoms with Crippen LogP contribution in [0.5, 0.6) is 0 Å². The number of carbonyl (C=O) groups is 2. The van der Waals surface area contributed by atoms with Gasteiger partial charge in [-0.1, -0.05) is 0 Å². The molecule has 88 valence electrons. The number of aliphatic hydroxyl groups excluding tert-OH is 1. The van der Waals surface area contributed by atoms with Crippen molar-refractivity contribution in [1.82, 2.24) is 15.1 Å². The minimum Gasteiger partial charge on any atom is -0.467 e. The van der Waals surface area contributed by atoms with Gasteiger partial charge in [-0.15, -0.1) is 0 Å². The van der Waals surface area contributed by atoms with E-state index in [1.807, 2.05) is 0 Å². The molecule has 16 heavy (non-hydrogen) atoms. The number of aromatic nitrogens is 2. The van der Waals surface area contributed by atoms with Crippen LogP contribution in [0.4, 0.5) is 0 Å². The van der Waals surface area contributed by atoms with Gasteiger partial charge < -0.3 is 15.2 Å². The van der Waals surface area contributed by atoms with Crippen LogP contribution in [0.1, 0.15) is 10.5 Å². The first kappa shape index (κ1) is 12.2. The Balaban J connectivity index is 2.66. The molecule has 0 aliphatic carbocycles. The number of ether oxygens (including phenoxy) is 1. The second-order valence-corrected chi connectivity index (χ2v) is 3.11. The maximum absolute atomic E-state index is 11.5. The zero-order valence-electron chi connectivity index (χ0n) is 9.01. The predicted molar refractivity (Wildman–Crippen MR) is 53.6 cm³/mol. The Kier molecular flexibility index (Phi) is 4.01. The zero-order valence-corrected chi connectivity index (χ0v) is 9.01. The molecule has 7 nitrogen and oxygen atoms in total. The van der Waals surface area contributed by atoms with Gasteiger partial charge >= 0.3 is 5.97 Å². The van der Waals surface area contributed by atoms with E-state index in [1.54, 1.807) is 13.2 Å². The quantitative estimate of drug-likeness (QED) is 0.622. The number of amides is 1. The van der Waals surface area contributed by atoms with Gasteiger partial charge in [0.2, 0.25) is 0 Å². The Bertz CT molecular complexity index is 388. The first-order valence-electron chi connectivity index (χ1n) is 4.57. The summed E-state index contributed by atoms with van der Waals surface area (Å²) >= 11 is 0. The summed E-state index contributed by atoms with van der Waals surface area (Å²) in [5.41, 5.74) is 0.171. The Morgan fingerprint density at radius 1 is 1.69 bits per heavy atom. The largest absolute Gasteiger partial charge is 0.467 e. The van der Waals surface area contributed by atoms with Gasteiger partial charge in [0, 0.05) is 13.2 Å². The van der Waals surface area contributed by atoms with Crippen LogP contribution in [0.25, 0.3) is 0 Å². The van der Waals surface area contributed by atoms with Crippen LogP contribution >= 0.6 is 0 Å². The van der Waals surface area contributed by atoms with Crippen LogP contribution in [-0.4, -0.2) is 46.5 Å². The minimum atomic E-state index is -1.07. The van der Waals surface area contributed by atoms with Crippen LogP contribution in [0.15, 0.2) is 12.3 Å². The Morgan fingerprint density at radius 2 is 2.38 bits per heavy atom. The van der Waals surface area contributed by atoms with Gasteiger partial charge in [0.05, 0.1) is 13.7 Å². The molecule has 0 aliphatic heterocycles. The molecule has 1 aromatic rings. The SMILES string of the molecule is COC(=O)C(CO)NC(=O)c1ccn(C)n1. The van der Waals surface area contributed by atoms with Crippen molar-refractivity contribution < 1.29 is 19.4 Å². The summed E-state index contributed by atoms with van der Waals surface area (Å²) in [6.45, 7) is -0.523. The first-order valence-corrected chi connectivity index (χ1v) is 4.57. The summed E-state index contributed by atoms with van der Waals surface area (Å²) in [7, 11) is 2.85. The molecular weight excluding hydrogens is 214 g/mol. The summed E-state index contributed by atoms with van der Waals surface area (Å²) in [6.07, 6.45) is 1.60. The van der Waals surface area contributed by atoms with Crippen LogP contribution in [0.3, 0.4) is 0 Å². The number of carbonyl (C=O) groups excluding carboxylic acids is 2. The molecule has 0 saturated heterocycles. The highest BCUT2D eigenvalue weighted by molar-refractivity contribution is 5.95. The smallest absolute Gasteiger partial charge is 0.330 e. The van der Waals surface area contributed by atoms with E-state index in [-0.39, 0.29) is 5.69 Å². The van der Waals surface area contributed by atoms with Crippen molar-refractivity contribution in [2.75, 3.05) is 13.7 Å². The molecule has 1 aromatic heterocycles. The lowest BCUT2D eigenvalue weighted by atomic mass is 10.3. The lowest BCUT2D eigenvalue weighted by Crippen LogP contribution is -2.44. The lowest BCUT2D eigenvalue weighted by molar-refractivity contribution is -0.143. The van der Waals surface area contributed by atoms with E-state index in [2.05, 4.69) is 15.2 Å². The average molecular weight is 227 g/mol. The molecule has 1 atom stereocenters. The monoisotopic (exact) mass is 227 g/mol. The highest BCUT2D eigenvalue weighted by atomic mass is 16.5. The fraction of sp³-hybridized carbons (Fsp3) is 0.444. The summed E-state index contributed by atoms with van der Waals surface area (Å²) in [5, 5.41) is 15.0. The molecule has 0 radical (unpaired) electrons. The van der Waals surface area contributed by atoms with Crippen molar-refractivity contribution in [3.8, 4) is 0 Å². The molecule has 1 amide bonds. The van der Waals surface area contributed by atoms with Crippen molar-refractivity contribution in [3.63, 3.8) is 0 Å². The van der Waals surface area contributed by atoms with Gasteiger partial charge in [-0.05, 0) is 6.07 Å². The van der Waals surface area contributed by atoms with Gasteiger partial charge in [0.15, 0.2) is 6.04 Å². The molecule has 1 heterocycles. The van der Waals surface area contributed by atoms with Crippen molar-refractivity contribution in [3.05, 3.63) is 18.0 Å². The summed E-state index contributed by atoms with van der Waals surface area (Å²) < 4.78 is 5.87. The van der Waals surface area contributed by atoms with Crippen LogP contribution in [0.2, 0.25) is 0 Å². The number of aliphatic hydroxyl groups is 1. The van der Waals surface area contributed by atoms with E-state index in [0.29, 0.717) is 0 Å². The minimum absolute atomic E-state index is 0.171. The van der Waals surface area contributed by atoms with E-state index in [1.165, 1.54) is 17.9 Å². The summed E-state index contributed by atoms with van der Waals surface area (Å²) in [6, 6.07) is 0.431. The van der Waals surface area contributed by atoms with Gasteiger partial charge in [-0.2, -0.15) is 5.10 Å². The molecule has 0 saturated carbocycles. The fourth-order valence-electron chi connectivity index (χ4n) is 1.09. The van der Waals surface area contributed by atoms with E-state index in [0.717, 1.165) is 0 Å². The second kappa shape index (κ2) is 5.26. The zero-order chi connectivity index (χ0) is 12.1. The Morgan fingerprint density at radius 3 is 2.81 bits per heavy atom. The number of methoxy groups -OCH3 is 1. The summed E-state index contributed by atoms with van der Waals surface area (Å²) in [4.78, 5) is 22.6. The topological polar surface area (TPSA) is 93.5 Å². The third kappa shape index (κ3) is 2.80.